The van der Waals surface area contributed by atoms with E-state index in [1.807, 2.05) is 76.2 Å². The lowest BCUT2D eigenvalue weighted by molar-refractivity contribution is -0.122. The zero-order valence-corrected chi connectivity index (χ0v) is 20.6. The SMILES string of the molecule is Cc1ccc(N2C(=O)/C(=C\c3cc(C)n(-c4ccc(Br)cc4)c3C)C(=O)NC2=S)cc1C. The first kappa shape index (κ1) is 22.2. The summed E-state index contributed by atoms with van der Waals surface area (Å²) < 4.78 is 3.09. The highest BCUT2D eigenvalue weighted by Gasteiger charge is 2.34. The third-order valence-electron chi connectivity index (χ3n) is 5.71. The van der Waals surface area contributed by atoms with Crippen molar-refractivity contribution in [2.75, 3.05) is 4.90 Å². The van der Waals surface area contributed by atoms with Gasteiger partial charge in [-0.1, -0.05) is 22.0 Å². The van der Waals surface area contributed by atoms with E-state index in [2.05, 4.69) is 25.8 Å². The molecule has 1 N–H and O–H groups in total. The standard InChI is InChI=1S/C25H22BrN3O2S/c1-14-5-8-21(11-15(14)2)29-24(31)22(23(30)27-25(29)32)13-18-12-16(3)28(17(18)4)20-9-6-19(26)7-10-20/h5-13H,1-4H3,(H,27,30,32)/b22-13-. The highest BCUT2D eigenvalue weighted by Crippen LogP contribution is 2.27. The number of hydrogen-bond acceptors (Lipinski definition) is 3. The van der Waals surface area contributed by atoms with Crippen LogP contribution in [-0.4, -0.2) is 21.5 Å². The van der Waals surface area contributed by atoms with Gasteiger partial charge in [-0.15, -0.1) is 0 Å². The first-order valence-corrected chi connectivity index (χ1v) is 11.3. The number of nitrogens with zero attached hydrogens (tertiary/aromatic N) is 2. The van der Waals surface area contributed by atoms with Crippen LogP contribution in [-0.2, 0) is 9.59 Å². The van der Waals surface area contributed by atoms with Crippen LogP contribution >= 0.6 is 28.1 Å². The predicted molar refractivity (Wildman–Crippen MR) is 135 cm³/mol. The number of halogens is 1. The lowest BCUT2D eigenvalue weighted by Crippen LogP contribution is -2.54. The van der Waals surface area contributed by atoms with Crippen molar-refractivity contribution in [3.8, 4) is 5.69 Å². The molecule has 1 aliphatic heterocycles. The Labute approximate surface area is 200 Å². The third kappa shape index (κ3) is 3.94. The minimum Gasteiger partial charge on any atom is -0.318 e. The average molecular weight is 508 g/mol. The van der Waals surface area contributed by atoms with Gasteiger partial charge in [-0.25, -0.2) is 0 Å². The number of amides is 2. The summed E-state index contributed by atoms with van der Waals surface area (Å²) in [4.78, 5) is 27.4. The van der Waals surface area contributed by atoms with Gasteiger partial charge in [0.25, 0.3) is 11.8 Å². The second-order valence-corrected chi connectivity index (χ2v) is 9.17. The Bertz CT molecular complexity index is 1310. The van der Waals surface area contributed by atoms with Crippen LogP contribution in [0.2, 0.25) is 0 Å². The number of carbonyl (C=O) groups is 2. The largest absolute Gasteiger partial charge is 0.318 e. The maximum atomic E-state index is 13.4. The molecule has 162 valence electrons. The Morgan fingerprint density at radius 2 is 1.56 bits per heavy atom. The minimum absolute atomic E-state index is 0.0490. The molecule has 0 atom stereocenters. The third-order valence-corrected chi connectivity index (χ3v) is 6.52. The molecule has 7 heteroatoms. The topological polar surface area (TPSA) is 54.3 Å². The Balaban J connectivity index is 1.76. The predicted octanol–water partition coefficient (Wildman–Crippen LogP) is 5.30. The Morgan fingerprint density at radius 3 is 2.22 bits per heavy atom. The summed E-state index contributed by atoms with van der Waals surface area (Å²) in [5, 5.41) is 2.74. The van der Waals surface area contributed by atoms with Crippen LogP contribution in [0, 0.1) is 27.7 Å². The van der Waals surface area contributed by atoms with Crippen LogP contribution in [0.25, 0.3) is 11.8 Å². The molecule has 5 nitrogen and oxygen atoms in total. The number of hydrogen-bond donors (Lipinski definition) is 1. The van der Waals surface area contributed by atoms with E-state index in [1.54, 1.807) is 6.08 Å². The zero-order valence-electron chi connectivity index (χ0n) is 18.2. The molecule has 1 saturated heterocycles. The number of rotatable bonds is 3. The molecule has 0 spiro atoms. The fourth-order valence-corrected chi connectivity index (χ4v) is 4.38. The van der Waals surface area contributed by atoms with Crippen molar-refractivity contribution in [2.45, 2.75) is 27.7 Å². The van der Waals surface area contributed by atoms with Crippen molar-refractivity contribution in [3.63, 3.8) is 0 Å². The Morgan fingerprint density at radius 1 is 0.906 bits per heavy atom. The summed E-state index contributed by atoms with van der Waals surface area (Å²) in [5.41, 5.74) is 6.58. The van der Waals surface area contributed by atoms with Crippen molar-refractivity contribution in [1.82, 2.24) is 9.88 Å². The van der Waals surface area contributed by atoms with E-state index in [-0.39, 0.29) is 10.7 Å². The van der Waals surface area contributed by atoms with Gasteiger partial charge in [-0.2, -0.15) is 0 Å². The fraction of sp³-hybridized carbons (Fsp3) is 0.160. The molecule has 0 aliphatic carbocycles. The molecule has 0 saturated carbocycles. The molecular formula is C25H22BrN3O2S. The number of aryl methyl sites for hydroxylation is 3. The number of thiocarbonyl (C=S) groups is 1. The fourth-order valence-electron chi connectivity index (χ4n) is 3.83. The van der Waals surface area contributed by atoms with E-state index in [0.29, 0.717) is 5.69 Å². The maximum absolute atomic E-state index is 13.4. The molecule has 1 aromatic heterocycles. The molecule has 2 heterocycles. The molecule has 2 amide bonds. The van der Waals surface area contributed by atoms with Gasteiger partial charge in [0.15, 0.2) is 5.11 Å². The van der Waals surface area contributed by atoms with Crippen LogP contribution in [0.1, 0.15) is 28.1 Å². The molecule has 2 aromatic carbocycles. The van der Waals surface area contributed by atoms with Gasteiger partial charge in [0.05, 0.1) is 5.69 Å². The van der Waals surface area contributed by atoms with Crippen LogP contribution in [0.5, 0.6) is 0 Å². The van der Waals surface area contributed by atoms with Crippen molar-refractivity contribution < 1.29 is 9.59 Å². The highest BCUT2D eigenvalue weighted by atomic mass is 79.9. The van der Waals surface area contributed by atoms with Crippen molar-refractivity contribution >= 4 is 56.8 Å². The lowest BCUT2D eigenvalue weighted by Gasteiger charge is -2.29. The first-order valence-electron chi connectivity index (χ1n) is 10.1. The second-order valence-electron chi connectivity index (χ2n) is 7.86. The van der Waals surface area contributed by atoms with Crippen molar-refractivity contribution in [1.29, 1.82) is 0 Å². The molecule has 4 rings (SSSR count). The minimum atomic E-state index is -0.492. The van der Waals surface area contributed by atoms with Crippen molar-refractivity contribution in [2.24, 2.45) is 0 Å². The van der Waals surface area contributed by atoms with Crippen LogP contribution in [0.4, 0.5) is 5.69 Å². The second kappa shape index (κ2) is 8.48. The van der Waals surface area contributed by atoms with Crippen LogP contribution in [0.3, 0.4) is 0 Å². The van der Waals surface area contributed by atoms with E-state index in [0.717, 1.165) is 38.2 Å². The smallest absolute Gasteiger partial charge is 0.270 e. The molecular weight excluding hydrogens is 486 g/mol. The average Bonchev–Trinajstić information content (AvgIpc) is 3.01. The van der Waals surface area contributed by atoms with Gasteiger partial charge in [-0.3, -0.25) is 19.8 Å². The molecule has 1 fully saturated rings. The van der Waals surface area contributed by atoms with Crippen LogP contribution < -0.4 is 10.2 Å². The summed E-state index contributed by atoms with van der Waals surface area (Å²) in [7, 11) is 0. The van der Waals surface area contributed by atoms with Gasteiger partial charge in [-0.05, 0) is 105 Å². The Kier molecular flexibility index (Phi) is 5.88. The Hall–Kier alpha value is -3.03. The quantitative estimate of drug-likeness (QED) is 0.297. The summed E-state index contributed by atoms with van der Waals surface area (Å²) >= 11 is 8.78. The molecule has 1 aliphatic rings. The van der Waals surface area contributed by atoms with E-state index < -0.39 is 11.8 Å². The molecule has 32 heavy (non-hydrogen) atoms. The molecule has 3 aromatic rings. The normalized spacial score (nSPS) is 15.5. The van der Waals surface area contributed by atoms with Gasteiger partial charge in [0, 0.05) is 21.5 Å². The number of aromatic nitrogens is 1. The van der Waals surface area contributed by atoms with Gasteiger partial charge >= 0.3 is 0 Å². The number of carbonyl (C=O) groups excluding carboxylic acids is 2. The number of nitrogens with one attached hydrogen (secondary N) is 1. The van der Waals surface area contributed by atoms with E-state index in [9.17, 15) is 9.59 Å². The number of benzene rings is 2. The van der Waals surface area contributed by atoms with Gasteiger partial charge in [0.1, 0.15) is 5.57 Å². The molecule has 0 bridgehead atoms. The van der Waals surface area contributed by atoms with Crippen molar-refractivity contribution in [3.05, 3.63) is 86.7 Å². The van der Waals surface area contributed by atoms with E-state index >= 15 is 0 Å². The summed E-state index contributed by atoms with van der Waals surface area (Å²) in [6.45, 7) is 7.95. The zero-order chi connectivity index (χ0) is 23.2. The maximum Gasteiger partial charge on any atom is 0.270 e. The van der Waals surface area contributed by atoms with E-state index in [4.69, 9.17) is 12.2 Å². The lowest BCUT2D eigenvalue weighted by atomic mass is 10.1. The first-order chi connectivity index (χ1) is 15.2. The number of anilines is 1. The summed E-state index contributed by atoms with van der Waals surface area (Å²) in [6, 6.07) is 15.6. The molecule has 0 radical (unpaired) electrons. The van der Waals surface area contributed by atoms with Gasteiger partial charge in [0.2, 0.25) is 0 Å². The summed E-state index contributed by atoms with van der Waals surface area (Å²) in [6.07, 6.45) is 1.64. The molecule has 0 unspecified atom stereocenters. The monoisotopic (exact) mass is 507 g/mol. The van der Waals surface area contributed by atoms with E-state index in [1.165, 1.54) is 4.90 Å². The van der Waals surface area contributed by atoms with Gasteiger partial charge < -0.3 is 4.57 Å². The highest BCUT2D eigenvalue weighted by molar-refractivity contribution is 9.10. The van der Waals surface area contributed by atoms with Crippen LogP contribution in [0.15, 0.2) is 58.6 Å². The summed E-state index contributed by atoms with van der Waals surface area (Å²) in [5.74, 6) is -0.927.